The van der Waals surface area contributed by atoms with Crippen molar-refractivity contribution in [2.45, 2.75) is 58.8 Å². The number of aromatic nitrogens is 3. The molecular formula is C27H35N5O5. The number of pyridine rings is 1. The predicted octanol–water partition coefficient (Wildman–Crippen LogP) is 1.89. The van der Waals surface area contributed by atoms with Crippen LogP contribution in [0.2, 0.25) is 0 Å². The molecule has 0 bridgehead atoms. The van der Waals surface area contributed by atoms with Gasteiger partial charge in [0.05, 0.1) is 17.1 Å². The van der Waals surface area contributed by atoms with Crippen molar-refractivity contribution in [2.24, 2.45) is 13.0 Å². The highest BCUT2D eigenvalue weighted by Gasteiger charge is 2.25. The Hall–Kier alpha value is -3.50. The number of aryl methyl sites for hydroxylation is 2. The van der Waals surface area contributed by atoms with Gasteiger partial charge in [0.15, 0.2) is 0 Å². The predicted molar refractivity (Wildman–Crippen MR) is 140 cm³/mol. The van der Waals surface area contributed by atoms with Crippen LogP contribution in [-0.2, 0) is 29.7 Å². The Kier molecular flexibility index (Phi) is 7.79. The van der Waals surface area contributed by atoms with Crippen LogP contribution in [0.4, 0.5) is 0 Å². The summed E-state index contributed by atoms with van der Waals surface area (Å²) in [7, 11) is 1.72. The average molecular weight is 510 g/mol. The van der Waals surface area contributed by atoms with Gasteiger partial charge in [0.2, 0.25) is 5.91 Å². The quantitative estimate of drug-likeness (QED) is 0.423. The lowest BCUT2D eigenvalue weighted by Crippen LogP contribution is -2.44. The van der Waals surface area contributed by atoms with Crippen LogP contribution in [0.5, 0.6) is 0 Å². The number of aliphatic hydroxyl groups is 1. The van der Waals surface area contributed by atoms with E-state index < -0.39 is 18.1 Å². The van der Waals surface area contributed by atoms with Crippen LogP contribution < -0.4 is 10.9 Å². The molecule has 1 aliphatic heterocycles. The number of carboxylic acids is 1. The van der Waals surface area contributed by atoms with Gasteiger partial charge in [-0.25, -0.2) is 4.98 Å². The van der Waals surface area contributed by atoms with E-state index in [1.807, 2.05) is 29.2 Å². The first-order chi connectivity index (χ1) is 17.5. The number of piperidine rings is 1. The lowest BCUT2D eigenvalue weighted by Gasteiger charge is -2.32. The van der Waals surface area contributed by atoms with Crippen LogP contribution in [0, 0.1) is 12.8 Å². The van der Waals surface area contributed by atoms with Crippen LogP contribution >= 0.6 is 0 Å². The molecule has 3 atom stereocenters. The number of amides is 1. The number of carbonyl (C=O) groups excluding carboxylic acids is 1. The van der Waals surface area contributed by atoms with Gasteiger partial charge >= 0.3 is 5.97 Å². The second kappa shape index (κ2) is 10.9. The summed E-state index contributed by atoms with van der Waals surface area (Å²) in [6.45, 7) is 7.20. The topological polar surface area (TPSA) is 130 Å². The van der Waals surface area contributed by atoms with Crippen molar-refractivity contribution in [3.05, 3.63) is 51.9 Å². The highest BCUT2D eigenvalue weighted by Crippen LogP contribution is 2.29. The van der Waals surface area contributed by atoms with Gasteiger partial charge in [0.25, 0.3) is 5.56 Å². The normalized spacial score (nSPS) is 17.6. The molecule has 2 aromatic heterocycles. The van der Waals surface area contributed by atoms with Crippen molar-refractivity contribution >= 4 is 22.9 Å². The van der Waals surface area contributed by atoms with E-state index in [4.69, 9.17) is 4.98 Å². The highest BCUT2D eigenvalue weighted by molar-refractivity contribution is 5.81. The molecule has 0 aliphatic carbocycles. The number of carboxylic acid groups (broad SMARTS) is 1. The fourth-order valence-corrected chi connectivity index (χ4v) is 5.13. The molecule has 37 heavy (non-hydrogen) atoms. The molecule has 1 unspecified atom stereocenters. The first-order valence-corrected chi connectivity index (χ1v) is 12.6. The number of aliphatic carboxylic acids is 1. The van der Waals surface area contributed by atoms with E-state index in [1.54, 1.807) is 31.7 Å². The minimum absolute atomic E-state index is 0.0600. The summed E-state index contributed by atoms with van der Waals surface area (Å²) >= 11 is 0. The van der Waals surface area contributed by atoms with Crippen LogP contribution in [0.15, 0.2) is 35.3 Å². The summed E-state index contributed by atoms with van der Waals surface area (Å²) in [5, 5.41) is 22.1. The van der Waals surface area contributed by atoms with Crippen LogP contribution in [0.3, 0.4) is 0 Å². The third kappa shape index (κ3) is 5.75. The molecule has 1 aliphatic rings. The Morgan fingerprint density at radius 3 is 2.68 bits per heavy atom. The monoisotopic (exact) mass is 509 g/mol. The van der Waals surface area contributed by atoms with Gasteiger partial charge in [-0.3, -0.25) is 19.7 Å². The van der Waals surface area contributed by atoms with Gasteiger partial charge < -0.3 is 24.2 Å². The molecule has 1 saturated heterocycles. The minimum Gasteiger partial charge on any atom is -0.480 e. The smallest absolute Gasteiger partial charge is 0.323 e. The van der Waals surface area contributed by atoms with Gasteiger partial charge in [-0.05, 0) is 56.4 Å². The van der Waals surface area contributed by atoms with E-state index in [1.165, 1.54) is 6.92 Å². The van der Waals surface area contributed by atoms with Gasteiger partial charge in [-0.2, -0.15) is 0 Å². The summed E-state index contributed by atoms with van der Waals surface area (Å²) in [5.74, 6) is -0.0451. The molecule has 4 rings (SSSR count). The molecule has 198 valence electrons. The fraction of sp³-hybridized carbons (Fsp3) is 0.481. The van der Waals surface area contributed by atoms with Crippen LogP contribution in [0.25, 0.3) is 22.4 Å². The number of hydrogen-bond donors (Lipinski definition) is 3. The number of likely N-dealkylation sites (tertiary alicyclic amines) is 1. The number of aliphatic hydroxyl groups excluding tert-OH is 1. The first kappa shape index (κ1) is 26.6. The molecule has 0 spiro atoms. The zero-order valence-corrected chi connectivity index (χ0v) is 21.8. The maximum Gasteiger partial charge on any atom is 0.323 e. The van der Waals surface area contributed by atoms with Crippen molar-refractivity contribution < 1.29 is 19.8 Å². The second-order valence-corrected chi connectivity index (χ2v) is 10.1. The summed E-state index contributed by atoms with van der Waals surface area (Å²) in [6, 6.07) is 6.55. The number of nitrogens with one attached hydrogen (secondary N) is 1. The van der Waals surface area contributed by atoms with Crippen LogP contribution in [0.1, 0.15) is 37.8 Å². The lowest BCUT2D eigenvalue weighted by atomic mass is 9.97. The number of carbonyl (C=O) groups is 2. The van der Waals surface area contributed by atoms with E-state index >= 15 is 0 Å². The molecule has 3 aromatic rings. The Labute approximate surface area is 215 Å². The molecule has 1 aromatic carbocycles. The molecular weight excluding hydrogens is 474 g/mol. The highest BCUT2D eigenvalue weighted by atomic mass is 16.4. The van der Waals surface area contributed by atoms with Gasteiger partial charge in [-0.1, -0.05) is 6.07 Å². The number of fused-ring (bicyclic) bond motifs is 1. The minimum atomic E-state index is -1.11. The number of rotatable bonds is 8. The lowest BCUT2D eigenvalue weighted by molar-refractivity contribution is -0.142. The molecule has 0 radical (unpaired) electrons. The molecule has 10 nitrogen and oxygen atoms in total. The van der Waals surface area contributed by atoms with E-state index in [2.05, 4.69) is 9.88 Å². The first-order valence-electron chi connectivity index (χ1n) is 12.6. The summed E-state index contributed by atoms with van der Waals surface area (Å²) in [6.07, 6.45) is 2.68. The summed E-state index contributed by atoms with van der Waals surface area (Å²) < 4.78 is 3.71. The molecule has 0 saturated carbocycles. The Morgan fingerprint density at radius 2 is 2.03 bits per heavy atom. The van der Waals surface area contributed by atoms with Gasteiger partial charge in [-0.15, -0.1) is 0 Å². The summed E-state index contributed by atoms with van der Waals surface area (Å²) in [4.78, 5) is 42.6. The third-order valence-electron chi connectivity index (χ3n) is 7.11. The van der Waals surface area contributed by atoms with Crippen molar-refractivity contribution in [1.29, 1.82) is 0 Å². The number of benzene rings is 1. The van der Waals surface area contributed by atoms with E-state index in [-0.39, 0.29) is 23.9 Å². The zero-order valence-electron chi connectivity index (χ0n) is 21.8. The van der Waals surface area contributed by atoms with Crippen molar-refractivity contribution in [3.63, 3.8) is 0 Å². The average Bonchev–Trinajstić information content (AvgIpc) is 3.19. The van der Waals surface area contributed by atoms with Crippen molar-refractivity contribution in [3.8, 4) is 11.4 Å². The Morgan fingerprint density at radius 1 is 1.27 bits per heavy atom. The maximum atomic E-state index is 12.3. The molecule has 3 heterocycles. The Bertz CT molecular complexity index is 1350. The largest absolute Gasteiger partial charge is 0.480 e. The van der Waals surface area contributed by atoms with Gasteiger partial charge in [0.1, 0.15) is 11.9 Å². The van der Waals surface area contributed by atoms with E-state index in [9.17, 15) is 24.6 Å². The third-order valence-corrected chi connectivity index (χ3v) is 7.11. The number of nitrogens with zero attached hydrogens (tertiary/aromatic N) is 4. The molecule has 10 heteroatoms. The molecule has 1 amide bonds. The second-order valence-electron chi connectivity index (χ2n) is 10.1. The fourth-order valence-electron chi connectivity index (χ4n) is 5.13. The standard InChI is InChI=1S/C27H35N5O5/c1-16-10-21(15-30(4)26(16)35)25-29-22-8-7-19(12-28-24(17(2)33)27(36)37)11-23(22)32(25)14-20-6-5-9-31(13-20)18(3)34/h7-8,10-11,15,17,20,24,28,33H,5-6,9,12-14H2,1-4H3,(H,36,37)/t17-,20?,24+/m1/s1. The molecule has 3 N–H and O–H groups in total. The van der Waals surface area contributed by atoms with E-state index in [0.717, 1.165) is 47.4 Å². The van der Waals surface area contributed by atoms with Gasteiger partial charge in [0, 0.05) is 57.5 Å². The number of hydrogen-bond acceptors (Lipinski definition) is 6. The SMILES string of the molecule is CC(=O)N1CCCC(Cn2c(-c3cc(C)c(=O)n(C)c3)nc3ccc(CN[C@H](C(=O)O)[C@@H](C)O)cc32)C1. The summed E-state index contributed by atoms with van der Waals surface area (Å²) in [5.41, 5.74) is 3.93. The van der Waals surface area contributed by atoms with E-state index in [0.29, 0.717) is 18.7 Å². The van der Waals surface area contributed by atoms with Crippen molar-refractivity contribution in [2.75, 3.05) is 13.1 Å². The maximum absolute atomic E-state index is 12.3. The van der Waals surface area contributed by atoms with Crippen LogP contribution in [-0.4, -0.2) is 66.3 Å². The van der Waals surface area contributed by atoms with Crippen molar-refractivity contribution in [1.82, 2.24) is 24.3 Å². The Balaban J connectivity index is 1.75. The number of imidazole rings is 1. The molecule has 1 fully saturated rings. The zero-order chi connectivity index (χ0) is 26.9.